The van der Waals surface area contributed by atoms with E-state index in [-0.39, 0.29) is 11.7 Å². The Labute approximate surface area is 143 Å². The van der Waals surface area contributed by atoms with Crippen molar-refractivity contribution in [2.24, 2.45) is 11.8 Å². The monoisotopic (exact) mass is 327 g/mol. The van der Waals surface area contributed by atoms with Gasteiger partial charge in [0.1, 0.15) is 11.8 Å². The van der Waals surface area contributed by atoms with Gasteiger partial charge in [0.25, 0.3) is 0 Å². The molecule has 5 heteroatoms. The fourth-order valence-electron chi connectivity index (χ4n) is 3.91. The van der Waals surface area contributed by atoms with E-state index in [0.29, 0.717) is 23.8 Å². The van der Waals surface area contributed by atoms with Gasteiger partial charge in [0, 0.05) is 39.1 Å². The van der Waals surface area contributed by atoms with Crippen molar-refractivity contribution in [1.82, 2.24) is 9.80 Å². The van der Waals surface area contributed by atoms with E-state index in [1.807, 2.05) is 24.0 Å². The predicted molar refractivity (Wildman–Crippen MR) is 91.2 cm³/mol. The third-order valence-electron chi connectivity index (χ3n) is 5.35. The van der Waals surface area contributed by atoms with Crippen LogP contribution in [-0.4, -0.2) is 47.0 Å². The maximum absolute atomic E-state index is 11.9. The summed E-state index contributed by atoms with van der Waals surface area (Å²) in [5.74, 6) is 1.62. The number of carbonyl (C=O) groups excluding carboxylic acids is 1. The molecule has 2 aliphatic rings. The molecule has 5 nitrogen and oxygen atoms in total. The number of nitriles is 1. The number of carbonyl (C=O) groups is 1. The molecule has 1 aromatic carbocycles. The average molecular weight is 327 g/mol. The molecule has 128 valence electrons. The number of hydrogen-bond donors (Lipinski definition) is 1. The van der Waals surface area contributed by atoms with E-state index in [4.69, 9.17) is 5.26 Å². The number of amides is 1. The number of phenols is 1. The highest BCUT2D eigenvalue weighted by Gasteiger charge is 2.36. The minimum Gasteiger partial charge on any atom is -0.507 e. The molecule has 0 aromatic heterocycles. The van der Waals surface area contributed by atoms with Gasteiger partial charge in [-0.1, -0.05) is 13.0 Å². The highest BCUT2D eigenvalue weighted by Crippen LogP contribution is 2.32. The number of likely N-dealkylation sites (tertiary alicyclic amines) is 2. The number of nitrogens with zero attached hydrogens (tertiary/aromatic N) is 3. The Balaban J connectivity index is 1.50. The molecule has 2 saturated heterocycles. The lowest BCUT2D eigenvalue weighted by Gasteiger charge is -2.46. The third-order valence-corrected chi connectivity index (χ3v) is 5.35. The van der Waals surface area contributed by atoms with Gasteiger partial charge >= 0.3 is 0 Å². The van der Waals surface area contributed by atoms with Crippen LogP contribution in [0, 0.1) is 23.2 Å². The molecule has 0 bridgehead atoms. The molecule has 1 unspecified atom stereocenters. The van der Waals surface area contributed by atoms with E-state index in [1.165, 1.54) is 6.42 Å². The summed E-state index contributed by atoms with van der Waals surface area (Å²) >= 11 is 0. The van der Waals surface area contributed by atoms with E-state index in [9.17, 15) is 9.90 Å². The molecule has 0 saturated carbocycles. The first-order valence-corrected chi connectivity index (χ1v) is 8.82. The summed E-state index contributed by atoms with van der Waals surface area (Å²) < 4.78 is 0. The average Bonchev–Trinajstić information content (AvgIpc) is 2.58. The van der Waals surface area contributed by atoms with Gasteiger partial charge in [-0.25, -0.2) is 0 Å². The zero-order chi connectivity index (χ0) is 17.1. The van der Waals surface area contributed by atoms with Crippen LogP contribution >= 0.6 is 0 Å². The normalized spacial score (nSPS) is 22.0. The van der Waals surface area contributed by atoms with Gasteiger partial charge in [0.15, 0.2) is 0 Å². The van der Waals surface area contributed by atoms with Gasteiger partial charge in [-0.2, -0.15) is 5.26 Å². The minimum atomic E-state index is 0.0469. The van der Waals surface area contributed by atoms with E-state index >= 15 is 0 Å². The van der Waals surface area contributed by atoms with Gasteiger partial charge in [0.05, 0.1) is 5.56 Å². The van der Waals surface area contributed by atoms with E-state index in [2.05, 4.69) is 4.90 Å². The van der Waals surface area contributed by atoms with Crippen molar-refractivity contribution in [3.05, 3.63) is 29.3 Å². The van der Waals surface area contributed by atoms with Crippen molar-refractivity contribution < 1.29 is 9.90 Å². The Kier molecular flexibility index (Phi) is 5.06. The van der Waals surface area contributed by atoms with E-state index < -0.39 is 0 Å². The summed E-state index contributed by atoms with van der Waals surface area (Å²) in [6, 6.07) is 7.27. The molecule has 1 amide bonds. The molecule has 0 spiro atoms. The zero-order valence-electron chi connectivity index (χ0n) is 14.2. The number of rotatable bonds is 4. The van der Waals surface area contributed by atoms with Gasteiger partial charge in [0.2, 0.25) is 5.91 Å². The Bertz CT molecular complexity index is 647. The lowest BCUT2D eigenvalue weighted by atomic mass is 9.80. The number of piperidine rings is 1. The van der Waals surface area contributed by atoms with Crippen LogP contribution < -0.4 is 0 Å². The molecule has 1 atom stereocenters. The van der Waals surface area contributed by atoms with Crippen molar-refractivity contribution >= 4 is 5.91 Å². The summed E-state index contributed by atoms with van der Waals surface area (Å²) in [7, 11) is 0. The van der Waals surface area contributed by atoms with Gasteiger partial charge < -0.3 is 10.0 Å². The zero-order valence-corrected chi connectivity index (χ0v) is 14.2. The van der Waals surface area contributed by atoms with Crippen LogP contribution in [0.2, 0.25) is 0 Å². The highest BCUT2D eigenvalue weighted by molar-refractivity contribution is 5.75. The maximum Gasteiger partial charge on any atom is 0.222 e. The fraction of sp³-hybridized carbons (Fsp3) is 0.579. The second-order valence-corrected chi connectivity index (χ2v) is 7.01. The summed E-state index contributed by atoms with van der Waals surface area (Å²) in [6.45, 7) is 6.70. The molecular formula is C19H25N3O2. The minimum absolute atomic E-state index is 0.0469. The first kappa shape index (κ1) is 16.8. The molecule has 24 heavy (non-hydrogen) atoms. The van der Waals surface area contributed by atoms with E-state index in [1.54, 1.807) is 12.1 Å². The van der Waals surface area contributed by atoms with Crippen LogP contribution in [0.1, 0.15) is 37.3 Å². The number of hydrogen-bond acceptors (Lipinski definition) is 4. The maximum atomic E-state index is 11.9. The lowest BCUT2D eigenvalue weighted by Crippen LogP contribution is -2.53. The van der Waals surface area contributed by atoms with Crippen LogP contribution in [0.4, 0.5) is 0 Å². The van der Waals surface area contributed by atoms with Crippen molar-refractivity contribution in [1.29, 1.82) is 5.26 Å². The first-order valence-electron chi connectivity index (χ1n) is 8.82. The number of phenolic OH excluding ortho intramolecular Hbond substituents is 1. The quantitative estimate of drug-likeness (QED) is 0.922. The fourth-order valence-corrected chi connectivity index (χ4v) is 3.91. The molecule has 3 rings (SSSR count). The Morgan fingerprint density at radius 1 is 1.33 bits per heavy atom. The third kappa shape index (κ3) is 3.54. The van der Waals surface area contributed by atoms with Crippen LogP contribution in [-0.2, 0) is 11.3 Å². The highest BCUT2D eigenvalue weighted by atomic mass is 16.3. The molecule has 0 aliphatic carbocycles. The number of benzene rings is 1. The van der Waals surface area contributed by atoms with Crippen molar-refractivity contribution in [3.63, 3.8) is 0 Å². The van der Waals surface area contributed by atoms with Crippen LogP contribution in [0.5, 0.6) is 5.75 Å². The Morgan fingerprint density at radius 3 is 2.83 bits per heavy atom. The number of aromatic hydroxyl groups is 1. The van der Waals surface area contributed by atoms with Gasteiger partial charge in [-0.05, 0) is 42.4 Å². The van der Waals surface area contributed by atoms with Crippen LogP contribution in [0.15, 0.2) is 18.2 Å². The topological polar surface area (TPSA) is 67.6 Å². The second kappa shape index (κ2) is 7.23. The van der Waals surface area contributed by atoms with Crippen molar-refractivity contribution in [3.8, 4) is 11.8 Å². The predicted octanol–water partition coefficient (Wildman–Crippen LogP) is 2.34. The lowest BCUT2D eigenvalue weighted by molar-refractivity contribution is -0.133. The summed E-state index contributed by atoms with van der Waals surface area (Å²) in [6.07, 6.45) is 2.95. The summed E-state index contributed by atoms with van der Waals surface area (Å²) in [5, 5.41) is 18.6. The van der Waals surface area contributed by atoms with Gasteiger partial charge in [-0.3, -0.25) is 9.69 Å². The van der Waals surface area contributed by atoms with E-state index in [0.717, 1.165) is 44.7 Å². The standard InChI is InChI=1S/C19H25N3O2/c1-2-19(24)22-7-3-4-15(13-22)17-11-21(12-17)10-14-5-6-18(23)16(8-14)9-20/h5-6,8,15,17,23H,2-4,7,10-13H2,1H3. The molecule has 2 aliphatic heterocycles. The SMILES string of the molecule is CCC(=O)N1CCCC(C2CN(Cc3ccc(O)c(C#N)c3)C2)C1. The molecule has 0 radical (unpaired) electrons. The van der Waals surface area contributed by atoms with Crippen molar-refractivity contribution in [2.45, 2.75) is 32.7 Å². The smallest absolute Gasteiger partial charge is 0.222 e. The molecule has 2 fully saturated rings. The molecule has 1 aromatic rings. The van der Waals surface area contributed by atoms with Crippen LogP contribution in [0.3, 0.4) is 0 Å². The van der Waals surface area contributed by atoms with Crippen LogP contribution in [0.25, 0.3) is 0 Å². The molecule has 1 N–H and O–H groups in total. The second-order valence-electron chi connectivity index (χ2n) is 7.01. The summed E-state index contributed by atoms with van der Waals surface area (Å²) in [5.41, 5.74) is 1.40. The molecule has 2 heterocycles. The Hall–Kier alpha value is -2.06. The first-order chi connectivity index (χ1) is 11.6. The van der Waals surface area contributed by atoms with Gasteiger partial charge in [-0.15, -0.1) is 0 Å². The largest absolute Gasteiger partial charge is 0.507 e. The molecular weight excluding hydrogens is 302 g/mol. The summed E-state index contributed by atoms with van der Waals surface area (Å²) in [4.78, 5) is 16.3. The Morgan fingerprint density at radius 2 is 2.12 bits per heavy atom. The van der Waals surface area contributed by atoms with Crippen molar-refractivity contribution in [2.75, 3.05) is 26.2 Å².